The van der Waals surface area contributed by atoms with Crippen LogP contribution in [0.5, 0.6) is 0 Å². The van der Waals surface area contributed by atoms with Crippen LogP contribution < -0.4 is 0 Å². The number of hydrogen-bond acceptors (Lipinski definition) is 4. The number of carbonyl (C=O) groups is 2. The topological polar surface area (TPSA) is 55.7 Å². The van der Waals surface area contributed by atoms with Crippen LogP contribution in [0.15, 0.2) is 53.5 Å². The van der Waals surface area contributed by atoms with E-state index in [0.29, 0.717) is 11.1 Å². The van der Waals surface area contributed by atoms with Crippen LogP contribution in [0.1, 0.15) is 18.1 Å². The van der Waals surface area contributed by atoms with Crippen molar-refractivity contribution < 1.29 is 27.5 Å². The van der Waals surface area contributed by atoms with Gasteiger partial charge >= 0.3 is 12.1 Å². The maximum absolute atomic E-state index is 13.3. The van der Waals surface area contributed by atoms with Gasteiger partial charge in [0.25, 0.3) is 5.91 Å². The summed E-state index contributed by atoms with van der Waals surface area (Å²) in [6, 6.07) is 11.6. The average molecular weight is 393 g/mol. The third-order valence-corrected chi connectivity index (χ3v) is 5.00. The molecular formula is C19H14F3NO3S. The van der Waals surface area contributed by atoms with Crippen molar-refractivity contribution in [2.75, 3.05) is 6.61 Å². The van der Waals surface area contributed by atoms with Crippen LogP contribution in [0.4, 0.5) is 13.2 Å². The molecule has 0 saturated carbocycles. The second kappa shape index (κ2) is 7.56. The quantitative estimate of drug-likeness (QED) is 0.573. The standard InChI is InChI=1S/C19H14F3NO3S/c1-2-26-18(25)15-16(24)23-17(27-15)12-7-5-6-11(10-12)13-8-3-4-9-14(13)19(20,21)22/h3-10,15H,2H2,1H3. The van der Waals surface area contributed by atoms with E-state index >= 15 is 0 Å². The van der Waals surface area contributed by atoms with Crippen molar-refractivity contribution >= 4 is 28.7 Å². The van der Waals surface area contributed by atoms with E-state index in [1.54, 1.807) is 25.1 Å². The number of carbonyl (C=O) groups excluding carboxylic acids is 2. The third-order valence-electron chi connectivity index (χ3n) is 3.82. The molecule has 2 aromatic rings. The number of nitrogens with zero attached hydrogens (tertiary/aromatic N) is 1. The van der Waals surface area contributed by atoms with E-state index in [9.17, 15) is 22.8 Å². The van der Waals surface area contributed by atoms with E-state index in [-0.39, 0.29) is 17.2 Å². The molecule has 0 bridgehead atoms. The molecule has 1 unspecified atom stereocenters. The number of thioether (sulfide) groups is 1. The lowest BCUT2D eigenvalue weighted by atomic mass is 9.98. The van der Waals surface area contributed by atoms with E-state index in [4.69, 9.17) is 4.74 Å². The van der Waals surface area contributed by atoms with Crippen LogP contribution in [0.25, 0.3) is 11.1 Å². The maximum Gasteiger partial charge on any atom is 0.417 e. The molecule has 0 radical (unpaired) electrons. The molecule has 0 fully saturated rings. The molecule has 0 spiro atoms. The highest BCUT2D eigenvalue weighted by molar-refractivity contribution is 8.16. The van der Waals surface area contributed by atoms with Crippen LogP contribution in [-0.4, -0.2) is 28.8 Å². The highest BCUT2D eigenvalue weighted by Gasteiger charge is 2.37. The van der Waals surface area contributed by atoms with Crippen molar-refractivity contribution in [1.82, 2.24) is 0 Å². The molecule has 0 aromatic heterocycles. The second-order valence-corrected chi connectivity index (χ2v) is 6.72. The summed E-state index contributed by atoms with van der Waals surface area (Å²) in [6.45, 7) is 1.77. The molecule has 4 nitrogen and oxygen atoms in total. The van der Waals surface area contributed by atoms with Gasteiger partial charge in [-0.3, -0.25) is 9.59 Å². The van der Waals surface area contributed by atoms with Gasteiger partial charge in [-0.05, 0) is 30.2 Å². The Hall–Kier alpha value is -2.61. The smallest absolute Gasteiger partial charge is 0.417 e. The molecule has 1 aliphatic heterocycles. The number of ether oxygens (including phenoxy) is 1. The van der Waals surface area contributed by atoms with Gasteiger partial charge in [0, 0.05) is 5.56 Å². The van der Waals surface area contributed by atoms with Crippen molar-refractivity contribution in [3.05, 3.63) is 59.7 Å². The first-order valence-electron chi connectivity index (χ1n) is 8.04. The predicted octanol–water partition coefficient (Wildman–Crippen LogP) is 4.32. The van der Waals surface area contributed by atoms with Gasteiger partial charge in [0.05, 0.1) is 12.2 Å². The fourth-order valence-corrected chi connectivity index (χ4v) is 3.60. The van der Waals surface area contributed by atoms with Crippen molar-refractivity contribution in [1.29, 1.82) is 0 Å². The summed E-state index contributed by atoms with van der Waals surface area (Å²) in [4.78, 5) is 27.6. The summed E-state index contributed by atoms with van der Waals surface area (Å²) < 4.78 is 44.7. The molecule has 0 N–H and O–H groups in total. The van der Waals surface area contributed by atoms with Crippen LogP contribution in [0.3, 0.4) is 0 Å². The van der Waals surface area contributed by atoms with E-state index in [1.807, 2.05) is 0 Å². The van der Waals surface area contributed by atoms with Gasteiger partial charge < -0.3 is 4.74 Å². The number of alkyl halides is 3. The molecule has 3 rings (SSSR count). The van der Waals surface area contributed by atoms with E-state index in [1.165, 1.54) is 24.3 Å². The van der Waals surface area contributed by atoms with Crippen molar-refractivity contribution in [2.24, 2.45) is 4.99 Å². The van der Waals surface area contributed by atoms with Gasteiger partial charge in [0.15, 0.2) is 5.25 Å². The van der Waals surface area contributed by atoms with Crippen molar-refractivity contribution in [3.63, 3.8) is 0 Å². The minimum absolute atomic E-state index is 0.0312. The Morgan fingerprint density at radius 3 is 2.56 bits per heavy atom. The summed E-state index contributed by atoms with van der Waals surface area (Å²) in [5.41, 5.74) is 0.0951. The Labute approximate surface area is 157 Å². The van der Waals surface area contributed by atoms with Crippen molar-refractivity contribution in [2.45, 2.75) is 18.3 Å². The maximum atomic E-state index is 13.3. The van der Waals surface area contributed by atoms with Gasteiger partial charge in [-0.15, -0.1) is 0 Å². The van der Waals surface area contributed by atoms with Crippen LogP contribution in [0.2, 0.25) is 0 Å². The summed E-state index contributed by atoms with van der Waals surface area (Å²) in [6.07, 6.45) is -4.49. The number of aliphatic imine (C=N–C) groups is 1. The summed E-state index contributed by atoms with van der Waals surface area (Å²) in [5, 5.41) is -0.796. The van der Waals surface area contributed by atoms with E-state index < -0.39 is 28.9 Å². The Morgan fingerprint density at radius 1 is 1.15 bits per heavy atom. The van der Waals surface area contributed by atoms with Crippen LogP contribution >= 0.6 is 11.8 Å². The zero-order valence-corrected chi connectivity index (χ0v) is 14.9. The second-order valence-electron chi connectivity index (χ2n) is 5.63. The molecular weight excluding hydrogens is 379 g/mol. The molecule has 0 aliphatic carbocycles. The number of rotatable bonds is 4. The zero-order chi connectivity index (χ0) is 19.6. The molecule has 1 aliphatic rings. The molecule has 1 atom stereocenters. The Bertz CT molecular complexity index is 924. The third kappa shape index (κ3) is 4.05. The monoisotopic (exact) mass is 393 g/mol. The zero-order valence-electron chi connectivity index (χ0n) is 14.1. The molecule has 2 aromatic carbocycles. The first-order chi connectivity index (χ1) is 12.8. The van der Waals surface area contributed by atoms with Gasteiger partial charge in [-0.25, -0.2) is 4.99 Å². The molecule has 1 heterocycles. The molecule has 0 saturated heterocycles. The predicted molar refractivity (Wildman–Crippen MR) is 96.4 cm³/mol. The summed E-state index contributed by atoms with van der Waals surface area (Å²) >= 11 is 0.937. The lowest BCUT2D eigenvalue weighted by Crippen LogP contribution is -2.25. The van der Waals surface area contributed by atoms with Crippen LogP contribution in [0, 0.1) is 0 Å². The fraction of sp³-hybridized carbons (Fsp3) is 0.211. The largest absolute Gasteiger partial charge is 0.465 e. The van der Waals surface area contributed by atoms with Crippen molar-refractivity contribution in [3.8, 4) is 11.1 Å². The Balaban J connectivity index is 1.94. The highest BCUT2D eigenvalue weighted by atomic mass is 32.2. The van der Waals surface area contributed by atoms with E-state index in [0.717, 1.165) is 17.8 Å². The fourth-order valence-electron chi connectivity index (χ4n) is 2.65. The minimum atomic E-state index is -4.49. The number of halogens is 3. The van der Waals surface area contributed by atoms with Crippen LogP contribution in [-0.2, 0) is 20.5 Å². The van der Waals surface area contributed by atoms with E-state index in [2.05, 4.69) is 4.99 Å². The van der Waals surface area contributed by atoms with Gasteiger partial charge in [0.2, 0.25) is 0 Å². The Morgan fingerprint density at radius 2 is 1.85 bits per heavy atom. The normalized spacial score (nSPS) is 17.0. The van der Waals surface area contributed by atoms with Gasteiger partial charge in [-0.1, -0.05) is 48.2 Å². The molecule has 8 heteroatoms. The van der Waals surface area contributed by atoms with Gasteiger partial charge in [-0.2, -0.15) is 13.2 Å². The highest BCUT2D eigenvalue weighted by Crippen LogP contribution is 2.37. The number of hydrogen-bond donors (Lipinski definition) is 0. The minimum Gasteiger partial charge on any atom is -0.465 e. The molecule has 140 valence electrons. The van der Waals surface area contributed by atoms with Gasteiger partial charge in [0.1, 0.15) is 5.04 Å². The SMILES string of the molecule is CCOC(=O)C1SC(c2cccc(-c3ccccc3C(F)(F)F)c2)=NC1=O. The molecule has 27 heavy (non-hydrogen) atoms. The number of amides is 1. The Kier molecular flexibility index (Phi) is 5.36. The first-order valence-corrected chi connectivity index (χ1v) is 8.92. The molecule has 1 amide bonds. The summed E-state index contributed by atoms with van der Waals surface area (Å²) in [5.74, 6) is -1.31. The number of esters is 1. The summed E-state index contributed by atoms with van der Waals surface area (Å²) in [7, 11) is 0. The number of benzene rings is 2. The first kappa shape index (κ1) is 19.2. The lowest BCUT2D eigenvalue weighted by Gasteiger charge is -2.13. The lowest BCUT2D eigenvalue weighted by molar-refractivity contribution is -0.144. The average Bonchev–Trinajstić information content (AvgIpc) is 3.03.